The Bertz CT molecular complexity index is 892. The number of nitrogens with one attached hydrogen (secondary N) is 1. The molecular weight excluding hydrogens is 350 g/mol. The van der Waals surface area contributed by atoms with E-state index in [-0.39, 0.29) is 18.9 Å². The Morgan fingerprint density at radius 3 is 2.76 bits per heavy atom. The number of fused-ring (bicyclic) bond motifs is 1. The van der Waals surface area contributed by atoms with Gasteiger partial charge in [0.1, 0.15) is 18.5 Å². The highest BCUT2D eigenvalue weighted by Gasteiger charge is 2.09. The highest BCUT2D eigenvalue weighted by Crippen LogP contribution is 2.24. The fourth-order valence-corrected chi connectivity index (χ4v) is 2.49. The summed E-state index contributed by atoms with van der Waals surface area (Å²) in [5, 5.41) is 14.6. The Labute approximate surface area is 148 Å². The standard InChI is InChI=1S/C18H15ClF2N2O2/c19-11-1-3-14-17(5-6-22-18(14)7-11)23-9-12(24)10-25-13-2-4-15(20)16(21)8-13/h1-8,12,24H,9-10H2,(H,22,23). The number of hydrogen-bond acceptors (Lipinski definition) is 4. The van der Waals surface area contributed by atoms with E-state index >= 15 is 0 Å². The Hall–Kier alpha value is -2.44. The molecule has 130 valence electrons. The molecule has 0 bridgehead atoms. The molecule has 0 saturated carbocycles. The molecule has 2 aromatic carbocycles. The molecule has 1 atom stereocenters. The summed E-state index contributed by atoms with van der Waals surface area (Å²) in [5.74, 6) is -1.78. The van der Waals surface area contributed by atoms with Gasteiger partial charge in [-0.05, 0) is 36.4 Å². The zero-order valence-electron chi connectivity index (χ0n) is 13.0. The summed E-state index contributed by atoms with van der Waals surface area (Å²) in [4.78, 5) is 4.24. The van der Waals surface area contributed by atoms with Crippen LogP contribution in [0.5, 0.6) is 5.75 Å². The number of nitrogens with zero attached hydrogens (tertiary/aromatic N) is 1. The zero-order chi connectivity index (χ0) is 17.8. The minimum absolute atomic E-state index is 0.0626. The lowest BCUT2D eigenvalue weighted by Gasteiger charge is -2.15. The summed E-state index contributed by atoms with van der Waals surface area (Å²) in [6.07, 6.45) is 0.800. The van der Waals surface area contributed by atoms with Crippen molar-refractivity contribution in [2.75, 3.05) is 18.5 Å². The van der Waals surface area contributed by atoms with Gasteiger partial charge in [-0.25, -0.2) is 8.78 Å². The summed E-state index contributed by atoms with van der Waals surface area (Å²) in [7, 11) is 0. The number of hydrogen-bond donors (Lipinski definition) is 2. The van der Waals surface area contributed by atoms with Crippen LogP contribution in [-0.4, -0.2) is 29.3 Å². The minimum atomic E-state index is -0.993. The van der Waals surface area contributed by atoms with Gasteiger partial charge in [-0.1, -0.05) is 11.6 Å². The molecule has 25 heavy (non-hydrogen) atoms. The lowest BCUT2D eigenvalue weighted by atomic mass is 10.2. The van der Waals surface area contributed by atoms with Crippen molar-refractivity contribution in [1.82, 2.24) is 4.98 Å². The monoisotopic (exact) mass is 364 g/mol. The molecule has 2 N–H and O–H groups in total. The molecule has 3 rings (SSSR count). The molecule has 0 spiro atoms. The number of ether oxygens (including phenoxy) is 1. The van der Waals surface area contributed by atoms with Crippen LogP contribution in [-0.2, 0) is 0 Å². The number of aliphatic hydroxyl groups is 1. The number of anilines is 1. The van der Waals surface area contributed by atoms with Crippen molar-refractivity contribution in [3.05, 3.63) is 65.3 Å². The van der Waals surface area contributed by atoms with Crippen LogP contribution in [0.3, 0.4) is 0 Å². The van der Waals surface area contributed by atoms with Crippen LogP contribution in [0.25, 0.3) is 10.9 Å². The molecule has 0 aliphatic rings. The van der Waals surface area contributed by atoms with E-state index in [1.165, 1.54) is 6.07 Å². The van der Waals surface area contributed by atoms with Crippen LogP contribution >= 0.6 is 11.6 Å². The number of aliphatic hydroxyl groups excluding tert-OH is 1. The predicted molar refractivity (Wildman–Crippen MR) is 93.1 cm³/mol. The summed E-state index contributed by atoms with van der Waals surface area (Å²) in [6.45, 7) is 0.151. The first-order valence-electron chi connectivity index (χ1n) is 7.57. The molecular formula is C18H15ClF2N2O2. The summed E-state index contributed by atoms with van der Waals surface area (Å²) in [6, 6.07) is 10.4. The van der Waals surface area contributed by atoms with Gasteiger partial charge in [-0.2, -0.15) is 0 Å². The number of pyridine rings is 1. The van der Waals surface area contributed by atoms with E-state index in [2.05, 4.69) is 10.3 Å². The van der Waals surface area contributed by atoms with Gasteiger partial charge in [0, 0.05) is 34.9 Å². The van der Waals surface area contributed by atoms with Crippen molar-refractivity contribution in [2.24, 2.45) is 0 Å². The van der Waals surface area contributed by atoms with Gasteiger partial charge in [-0.3, -0.25) is 4.98 Å². The second-order valence-electron chi connectivity index (χ2n) is 5.44. The summed E-state index contributed by atoms with van der Waals surface area (Å²) in [5.41, 5.74) is 1.54. The zero-order valence-corrected chi connectivity index (χ0v) is 13.8. The van der Waals surface area contributed by atoms with Gasteiger partial charge in [-0.15, -0.1) is 0 Å². The maximum atomic E-state index is 13.1. The molecule has 7 heteroatoms. The quantitative estimate of drug-likeness (QED) is 0.693. The Morgan fingerprint density at radius 1 is 1.12 bits per heavy atom. The molecule has 0 aliphatic heterocycles. The SMILES string of the molecule is OC(CNc1ccnc2cc(Cl)ccc12)COc1ccc(F)c(F)c1. The van der Waals surface area contributed by atoms with Crippen LogP contribution in [0, 0.1) is 11.6 Å². The third kappa shape index (κ3) is 4.35. The molecule has 0 saturated heterocycles. The van der Waals surface area contributed by atoms with Gasteiger partial charge in [0.2, 0.25) is 0 Å². The summed E-state index contributed by atoms with van der Waals surface area (Å²) < 4.78 is 31.2. The third-order valence-corrected chi connectivity index (χ3v) is 3.80. The molecule has 0 fully saturated rings. The van der Waals surface area contributed by atoms with Gasteiger partial charge < -0.3 is 15.2 Å². The van der Waals surface area contributed by atoms with Crippen LogP contribution in [0.4, 0.5) is 14.5 Å². The minimum Gasteiger partial charge on any atom is -0.491 e. The molecule has 1 aromatic heterocycles. The van der Waals surface area contributed by atoms with Gasteiger partial charge >= 0.3 is 0 Å². The number of halogens is 3. The van der Waals surface area contributed by atoms with Crippen LogP contribution in [0.15, 0.2) is 48.7 Å². The molecule has 0 aliphatic carbocycles. The van der Waals surface area contributed by atoms with E-state index in [9.17, 15) is 13.9 Å². The Kier molecular flexibility index (Phi) is 5.31. The smallest absolute Gasteiger partial charge is 0.162 e. The van der Waals surface area contributed by atoms with Crippen molar-refractivity contribution in [2.45, 2.75) is 6.10 Å². The Morgan fingerprint density at radius 2 is 1.96 bits per heavy atom. The van der Waals surface area contributed by atoms with E-state index in [4.69, 9.17) is 16.3 Å². The summed E-state index contributed by atoms with van der Waals surface area (Å²) >= 11 is 5.95. The fourth-order valence-electron chi connectivity index (χ4n) is 2.32. The Balaban J connectivity index is 1.59. The average Bonchev–Trinajstić information content (AvgIpc) is 2.60. The lowest BCUT2D eigenvalue weighted by Crippen LogP contribution is -2.26. The first-order chi connectivity index (χ1) is 12.0. The van der Waals surface area contributed by atoms with E-state index < -0.39 is 17.7 Å². The van der Waals surface area contributed by atoms with Gasteiger partial charge in [0.25, 0.3) is 0 Å². The van der Waals surface area contributed by atoms with Crippen LogP contribution < -0.4 is 10.1 Å². The largest absolute Gasteiger partial charge is 0.491 e. The number of aromatic nitrogens is 1. The third-order valence-electron chi connectivity index (χ3n) is 3.57. The second-order valence-corrected chi connectivity index (χ2v) is 5.88. The van der Waals surface area contributed by atoms with Crippen molar-refractivity contribution in [1.29, 1.82) is 0 Å². The molecule has 4 nitrogen and oxygen atoms in total. The number of rotatable bonds is 6. The van der Waals surface area contributed by atoms with Crippen molar-refractivity contribution >= 4 is 28.2 Å². The molecule has 0 radical (unpaired) electrons. The first-order valence-corrected chi connectivity index (χ1v) is 7.95. The highest BCUT2D eigenvalue weighted by molar-refractivity contribution is 6.31. The highest BCUT2D eigenvalue weighted by atomic mass is 35.5. The average molecular weight is 365 g/mol. The van der Waals surface area contributed by atoms with Crippen LogP contribution in [0.1, 0.15) is 0 Å². The molecule has 3 aromatic rings. The second kappa shape index (κ2) is 7.63. The van der Waals surface area contributed by atoms with Crippen molar-refractivity contribution in [3.8, 4) is 5.75 Å². The van der Waals surface area contributed by atoms with E-state index in [0.717, 1.165) is 28.7 Å². The molecule has 1 heterocycles. The lowest BCUT2D eigenvalue weighted by molar-refractivity contribution is 0.117. The van der Waals surface area contributed by atoms with Gasteiger partial charge in [0.05, 0.1) is 5.52 Å². The molecule has 1 unspecified atom stereocenters. The van der Waals surface area contributed by atoms with Gasteiger partial charge in [0.15, 0.2) is 11.6 Å². The van der Waals surface area contributed by atoms with E-state index in [0.29, 0.717) is 5.02 Å². The maximum Gasteiger partial charge on any atom is 0.162 e. The maximum absolute atomic E-state index is 13.1. The van der Waals surface area contributed by atoms with Crippen LogP contribution in [0.2, 0.25) is 5.02 Å². The number of benzene rings is 2. The van der Waals surface area contributed by atoms with E-state index in [1.807, 2.05) is 6.07 Å². The molecule has 0 amide bonds. The fraction of sp³-hybridized carbons (Fsp3) is 0.167. The van der Waals surface area contributed by atoms with Crippen molar-refractivity contribution in [3.63, 3.8) is 0 Å². The van der Waals surface area contributed by atoms with E-state index in [1.54, 1.807) is 24.4 Å². The van der Waals surface area contributed by atoms with Crippen molar-refractivity contribution < 1.29 is 18.6 Å². The first kappa shape index (κ1) is 17.4. The normalized spacial score (nSPS) is 12.2. The predicted octanol–water partition coefficient (Wildman–Crippen LogP) is 4.02. The topological polar surface area (TPSA) is 54.4 Å².